The number of nitrogens with two attached hydrogens (primary N) is 1. The maximum absolute atomic E-state index is 10.6. The highest BCUT2D eigenvalue weighted by atomic mass is 16.6. The molecule has 1 heterocycles. The predicted molar refractivity (Wildman–Crippen MR) is 75.8 cm³/mol. The number of nitro groups is 1. The van der Waals surface area contributed by atoms with E-state index in [0.717, 1.165) is 12.8 Å². The van der Waals surface area contributed by atoms with Crippen molar-refractivity contribution >= 4 is 11.5 Å². The van der Waals surface area contributed by atoms with Crippen LogP contribution < -0.4 is 10.5 Å². The van der Waals surface area contributed by atoms with Crippen LogP contribution >= 0.6 is 0 Å². The molecule has 2 aromatic rings. The van der Waals surface area contributed by atoms with Gasteiger partial charge in [0.15, 0.2) is 0 Å². The largest absolute Gasteiger partial charge is 0.439 e. The Morgan fingerprint density at radius 1 is 1.25 bits per heavy atom. The zero-order valence-corrected chi connectivity index (χ0v) is 11.1. The van der Waals surface area contributed by atoms with Crippen LogP contribution in [-0.4, -0.2) is 9.91 Å². The van der Waals surface area contributed by atoms with E-state index in [4.69, 9.17) is 10.5 Å². The van der Waals surface area contributed by atoms with E-state index in [1.807, 2.05) is 24.3 Å². The quantitative estimate of drug-likeness (QED) is 0.666. The number of aromatic nitrogens is 1. The van der Waals surface area contributed by atoms with E-state index in [9.17, 15) is 10.1 Å². The summed E-state index contributed by atoms with van der Waals surface area (Å²) >= 11 is 0. The van der Waals surface area contributed by atoms with Crippen LogP contribution in [-0.2, 0) is 6.42 Å². The van der Waals surface area contributed by atoms with E-state index in [1.54, 1.807) is 0 Å². The summed E-state index contributed by atoms with van der Waals surface area (Å²) in [4.78, 5) is 13.9. The molecule has 6 heteroatoms. The summed E-state index contributed by atoms with van der Waals surface area (Å²) in [7, 11) is 0. The number of aryl methyl sites for hydroxylation is 1. The number of ether oxygens (including phenoxy) is 1. The second kappa shape index (κ2) is 6.01. The Bertz CT molecular complexity index is 612. The Balaban J connectivity index is 2.13. The molecule has 2 rings (SSSR count). The standard InChI is InChI=1S/C14H15N3O3/c1-2-3-10-4-6-11(7-5-10)20-13-9-8-12(17(18)19)14(15)16-13/h4-9H,2-3H2,1H3,(H2,15,16). The van der Waals surface area contributed by atoms with Gasteiger partial charge >= 0.3 is 5.69 Å². The van der Waals surface area contributed by atoms with Crippen molar-refractivity contribution in [3.63, 3.8) is 0 Å². The minimum Gasteiger partial charge on any atom is -0.439 e. The Morgan fingerprint density at radius 2 is 1.95 bits per heavy atom. The van der Waals surface area contributed by atoms with Gasteiger partial charge in [0.25, 0.3) is 0 Å². The summed E-state index contributed by atoms with van der Waals surface area (Å²) in [6, 6.07) is 10.3. The fraction of sp³-hybridized carbons (Fsp3) is 0.214. The molecule has 0 aliphatic rings. The molecule has 0 fully saturated rings. The first-order valence-corrected chi connectivity index (χ1v) is 6.28. The number of hydrogen-bond acceptors (Lipinski definition) is 5. The highest BCUT2D eigenvalue weighted by Gasteiger charge is 2.13. The van der Waals surface area contributed by atoms with Crippen molar-refractivity contribution in [3.05, 3.63) is 52.1 Å². The zero-order chi connectivity index (χ0) is 14.5. The van der Waals surface area contributed by atoms with Gasteiger partial charge in [-0.1, -0.05) is 25.5 Å². The zero-order valence-electron chi connectivity index (χ0n) is 11.1. The van der Waals surface area contributed by atoms with Crippen LogP contribution in [0.1, 0.15) is 18.9 Å². The van der Waals surface area contributed by atoms with Crippen LogP contribution in [0.3, 0.4) is 0 Å². The van der Waals surface area contributed by atoms with Crippen LogP contribution in [0.5, 0.6) is 11.6 Å². The molecule has 2 N–H and O–H groups in total. The lowest BCUT2D eigenvalue weighted by molar-refractivity contribution is -0.384. The van der Waals surface area contributed by atoms with Gasteiger partial charge in [-0.05, 0) is 24.1 Å². The Hall–Kier alpha value is -2.63. The van der Waals surface area contributed by atoms with Crippen LogP contribution in [0, 0.1) is 10.1 Å². The number of rotatable bonds is 5. The molecular weight excluding hydrogens is 258 g/mol. The van der Waals surface area contributed by atoms with Gasteiger partial charge in [0.2, 0.25) is 11.7 Å². The van der Waals surface area contributed by atoms with E-state index in [1.165, 1.54) is 17.7 Å². The summed E-state index contributed by atoms with van der Waals surface area (Å²) < 4.78 is 5.51. The topological polar surface area (TPSA) is 91.3 Å². The minimum absolute atomic E-state index is 0.157. The summed E-state index contributed by atoms with van der Waals surface area (Å²) in [6.45, 7) is 2.12. The number of benzene rings is 1. The number of nitrogens with zero attached hydrogens (tertiary/aromatic N) is 2. The van der Waals surface area contributed by atoms with E-state index in [-0.39, 0.29) is 17.4 Å². The SMILES string of the molecule is CCCc1ccc(Oc2ccc([N+](=O)[O-])c(N)n2)cc1. The molecule has 0 bridgehead atoms. The van der Waals surface area contributed by atoms with Gasteiger partial charge in [0.1, 0.15) is 5.75 Å². The average molecular weight is 273 g/mol. The van der Waals surface area contributed by atoms with Crippen molar-refractivity contribution in [3.8, 4) is 11.6 Å². The van der Waals surface area contributed by atoms with Crippen LogP contribution in [0.4, 0.5) is 11.5 Å². The normalized spacial score (nSPS) is 10.2. The van der Waals surface area contributed by atoms with Gasteiger partial charge in [-0.25, -0.2) is 0 Å². The molecule has 0 unspecified atom stereocenters. The highest BCUT2D eigenvalue weighted by molar-refractivity contribution is 5.53. The highest BCUT2D eigenvalue weighted by Crippen LogP contribution is 2.25. The number of hydrogen-bond donors (Lipinski definition) is 1. The maximum Gasteiger partial charge on any atom is 0.311 e. The Labute approximate surface area is 116 Å². The molecular formula is C14H15N3O3. The maximum atomic E-state index is 10.6. The van der Waals surface area contributed by atoms with Gasteiger partial charge < -0.3 is 10.5 Å². The molecule has 0 radical (unpaired) electrons. The number of pyridine rings is 1. The van der Waals surface area contributed by atoms with Crippen LogP contribution in [0.15, 0.2) is 36.4 Å². The number of nitrogen functional groups attached to an aromatic ring is 1. The van der Waals surface area contributed by atoms with Crippen molar-refractivity contribution in [2.45, 2.75) is 19.8 Å². The average Bonchev–Trinajstić information content (AvgIpc) is 2.41. The van der Waals surface area contributed by atoms with Crippen molar-refractivity contribution in [1.82, 2.24) is 4.98 Å². The van der Waals surface area contributed by atoms with Gasteiger partial charge in [0.05, 0.1) is 4.92 Å². The second-order valence-electron chi connectivity index (χ2n) is 4.31. The van der Waals surface area contributed by atoms with Gasteiger partial charge in [-0.2, -0.15) is 4.98 Å². The molecule has 0 saturated carbocycles. The third-order valence-electron chi connectivity index (χ3n) is 2.76. The van der Waals surface area contributed by atoms with E-state index in [0.29, 0.717) is 5.75 Å². The summed E-state index contributed by atoms with van der Waals surface area (Å²) in [5.74, 6) is 0.692. The molecule has 1 aromatic heterocycles. The molecule has 0 aliphatic carbocycles. The predicted octanol–water partition coefficient (Wildman–Crippen LogP) is 3.32. The summed E-state index contributed by atoms with van der Waals surface area (Å²) in [5, 5.41) is 10.6. The lowest BCUT2D eigenvalue weighted by Gasteiger charge is -2.06. The third kappa shape index (κ3) is 3.23. The molecule has 6 nitrogen and oxygen atoms in total. The van der Waals surface area contributed by atoms with Crippen molar-refractivity contribution < 1.29 is 9.66 Å². The molecule has 0 saturated heterocycles. The Kier molecular flexibility index (Phi) is 4.14. The molecule has 0 amide bonds. The first kappa shape index (κ1) is 13.8. The molecule has 0 aliphatic heterocycles. The smallest absolute Gasteiger partial charge is 0.311 e. The second-order valence-corrected chi connectivity index (χ2v) is 4.31. The molecule has 0 atom stereocenters. The lowest BCUT2D eigenvalue weighted by atomic mass is 10.1. The monoisotopic (exact) mass is 273 g/mol. The van der Waals surface area contributed by atoms with Crippen molar-refractivity contribution in [2.24, 2.45) is 0 Å². The van der Waals surface area contributed by atoms with E-state index >= 15 is 0 Å². The summed E-state index contributed by atoms with van der Waals surface area (Å²) in [6.07, 6.45) is 2.10. The van der Waals surface area contributed by atoms with E-state index in [2.05, 4.69) is 11.9 Å². The first-order chi connectivity index (χ1) is 9.60. The summed E-state index contributed by atoms with van der Waals surface area (Å²) in [5.41, 5.74) is 6.51. The molecule has 0 spiro atoms. The Morgan fingerprint density at radius 3 is 2.50 bits per heavy atom. The minimum atomic E-state index is -0.578. The van der Waals surface area contributed by atoms with Crippen molar-refractivity contribution in [1.29, 1.82) is 0 Å². The lowest BCUT2D eigenvalue weighted by Crippen LogP contribution is -1.99. The first-order valence-electron chi connectivity index (χ1n) is 6.28. The fourth-order valence-electron chi connectivity index (χ4n) is 1.79. The van der Waals surface area contributed by atoms with Crippen LogP contribution in [0.25, 0.3) is 0 Å². The van der Waals surface area contributed by atoms with Crippen molar-refractivity contribution in [2.75, 3.05) is 5.73 Å². The van der Waals surface area contributed by atoms with Gasteiger partial charge in [0, 0.05) is 12.1 Å². The third-order valence-corrected chi connectivity index (χ3v) is 2.76. The van der Waals surface area contributed by atoms with Gasteiger partial charge in [-0.15, -0.1) is 0 Å². The number of anilines is 1. The fourth-order valence-corrected chi connectivity index (χ4v) is 1.79. The molecule has 1 aromatic carbocycles. The van der Waals surface area contributed by atoms with Crippen LogP contribution in [0.2, 0.25) is 0 Å². The molecule has 104 valence electrons. The van der Waals surface area contributed by atoms with Gasteiger partial charge in [-0.3, -0.25) is 10.1 Å². The molecule has 20 heavy (non-hydrogen) atoms. The van der Waals surface area contributed by atoms with E-state index < -0.39 is 4.92 Å².